The molecule has 0 bridgehead atoms. The van der Waals surface area contributed by atoms with E-state index in [1.165, 1.54) is 5.70 Å². The number of nitrogens with two attached hydrogens (primary N) is 1. The molecule has 1 aliphatic heterocycles. The second-order valence-electron chi connectivity index (χ2n) is 4.21. The van der Waals surface area contributed by atoms with E-state index in [1.54, 1.807) is 6.20 Å². The van der Waals surface area contributed by atoms with Crippen molar-refractivity contribution in [1.82, 2.24) is 9.88 Å². The van der Waals surface area contributed by atoms with Crippen LogP contribution in [0.15, 0.2) is 30.1 Å². The highest BCUT2D eigenvalue weighted by Crippen LogP contribution is 2.16. The van der Waals surface area contributed by atoms with Gasteiger partial charge in [0.15, 0.2) is 0 Å². The molecule has 1 aromatic heterocycles. The van der Waals surface area contributed by atoms with E-state index in [4.69, 9.17) is 10.5 Å². The Bertz CT molecular complexity index is 403. The summed E-state index contributed by atoms with van der Waals surface area (Å²) in [4.78, 5) is 6.43. The van der Waals surface area contributed by atoms with Crippen LogP contribution < -0.4 is 10.5 Å². The molecule has 2 N–H and O–H groups in total. The first-order chi connectivity index (χ1) is 8.29. The molecule has 17 heavy (non-hydrogen) atoms. The van der Waals surface area contributed by atoms with Gasteiger partial charge < -0.3 is 15.4 Å². The van der Waals surface area contributed by atoms with Crippen molar-refractivity contribution in [1.29, 1.82) is 0 Å². The van der Waals surface area contributed by atoms with Gasteiger partial charge in [-0.2, -0.15) is 0 Å². The lowest BCUT2D eigenvalue weighted by Gasteiger charge is -2.16. The zero-order valence-corrected chi connectivity index (χ0v) is 10.2. The molecule has 0 unspecified atom stereocenters. The molecule has 4 heteroatoms. The minimum atomic E-state index is 0.521. The van der Waals surface area contributed by atoms with Crippen LogP contribution in [0.25, 0.3) is 0 Å². The van der Waals surface area contributed by atoms with Gasteiger partial charge in [-0.3, -0.25) is 0 Å². The zero-order valence-electron chi connectivity index (χ0n) is 10.2. The summed E-state index contributed by atoms with van der Waals surface area (Å²) in [5, 5.41) is 0. The van der Waals surface area contributed by atoms with Crippen molar-refractivity contribution >= 4 is 0 Å². The Labute approximate surface area is 102 Å². The fourth-order valence-electron chi connectivity index (χ4n) is 1.93. The summed E-state index contributed by atoms with van der Waals surface area (Å²) >= 11 is 0. The Hall–Kier alpha value is -1.55. The van der Waals surface area contributed by atoms with E-state index in [2.05, 4.69) is 23.0 Å². The predicted octanol–water partition coefficient (Wildman–Crippen LogP) is 1.53. The van der Waals surface area contributed by atoms with Crippen molar-refractivity contribution in [3.05, 3.63) is 35.7 Å². The summed E-state index contributed by atoms with van der Waals surface area (Å²) in [7, 11) is 2.12. The number of aromatic nitrogens is 1. The first-order valence-electron chi connectivity index (χ1n) is 5.97. The molecule has 0 saturated heterocycles. The Morgan fingerprint density at radius 1 is 1.53 bits per heavy atom. The first kappa shape index (κ1) is 11.9. The average Bonchev–Trinajstić information content (AvgIpc) is 2.76. The third-order valence-electron chi connectivity index (χ3n) is 2.98. The summed E-state index contributed by atoms with van der Waals surface area (Å²) in [6.07, 6.45) is 6.09. The van der Waals surface area contributed by atoms with E-state index < -0.39 is 0 Å². The molecule has 0 amide bonds. The fourth-order valence-corrected chi connectivity index (χ4v) is 1.93. The summed E-state index contributed by atoms with van der Waals surface area (Å²) in [5.41, 5.74) is 7.98. The number of ether oxygens (including phenoxy) is 1. The Morgan fingerprint density at radius 2 is 2.41 bits per heavy atom. The van der Waals surface area contributed by atoms with Crippen LogP contribution in [0.3, 0.4) is 0 Å². The molecule has 1 aliphatic rings. The molecule has 2 rings (SSSR count). The van der Waals surface area contributed by atoms with Crippen LogP contribution in [0.1, 0.15) is 18.4 Å². The SMILES string of the molecule is CN1CCC=C1CCOc1cc(CN)ccn1. The van der Waals surface area contributed by atoms with Crippen molar-refractivity contribution in [2.45, 2.75) is 19.4 Å². The molecule has 2 heterocycles. The predicted molar refractivity (Wildman–Crippen MR) is 67.6 cm³/mol. The van der Waals surface area contributed by atoms with Gasteiger partial charge in [0.1, 0.15) is 0 Å². The van der Waals surface area contributed by atoms with E-state index in [0.717, 1.165) is 24.9 Å². The lowest BCUT2D eigenvalue weighted by Crippen LogP contribution is -2.15. The van der Waals surface area contributed by atoms with Crippen LogP contribution in [-0.2, 0) is 6.54 Å². The van der Waals surface area contributed by atoms with E-state index in [0.29, 0.717) is 19.0 Å². The summed E-state index contributed by atoms with van der Waals surface area (Å²) in [6, 6.07) is 3.80. The highest BCUT2D eigenvalue weighted by Gasteiger charge is 2.10. The number of hydrogen-bond donors (Lipinski definition) is 1. The topological polar surface area (TPSA) is 51.4 Å². The van der Waals surface area contributed by atoms with Crippen molar-refractivity contribution in [2.75, 3.05) is 20.2 Å². The Kier molecular flexibility index (Phi) is 3.98. The molecule has 0 fully saturated rings. The zero-order chi connectivity index (χ0) is 12.1. The highest BCUT2D eigenvalue weighted by atomic mass is 16.5. The molecular formula is C13H19N3O. The van der Waals surface area contributed by atoms with Crippen molar-refractivity contribution in [3.63, 3.8) is 0 Å². The molecule has 92 valence electrons. The third-order valence-corrected chi connectivity index (χ3v) is 2.98. The lowest BCUT2D eigenvalue weighted by atomic mass is 10.3. The average molecular weight is 233 g/mol. The van der Waals surface area contributed by atoms with Crippen molar-refractivity contribution in [3.8, 4) is 5.88 Å². The summed E-state index contributed by atoms with van der Waals surface area (Å²) < 4.78 is 5.62. The van der Waals surface area contributed by atoms with Crippen molar-refractivity contribution < 1.29 is 4.74 Å². The maximum atomic E-state index is 5.62. The maximum absolute atomic E-state index is 5.62. The van der Waals surface area contributed by atoms with E-state index in [9.17, 15) is 0 Å². The monoisotopic (exact) mass is 233 g/mol. The fraction of sp³-hybridized carbons (Fsp3) is 0.462. The number of hydrogen-bond acceptors (Lipinski definition) is 4. The first-order valence-corrected chi connectivity index (χ1v) is 5.97. The van der Waals surface area contributed by atoms with Gasteiger partial charge in [0, 0.05) is 44.5 Å². The molecule has 0 atom stereocenters. The second kappa shape index (κ2) is 5.68. The van der Waals surface area contributed by atoms with E-state index in [1.807, 2.05) is 12.1 Å². The van der Waals surface area contributed by atoms with Gasteiger partial charge in [0.05, 0.1) is 6.61 Å². The summed E-state index contributed by atoms with van der Waals surface area (Å²) in [5.74, 6) is 0.661. The lowest BCUT2D eigenvalue weighted by molar-refractivity contribution is 0.294. The molecular weight excluding hydrogens is 214 g/mol. The smallest absolute Gasteiger partial charge is 0.213 e. The number of rotatable bonds is 5. The Balaban J connectivity index is 1.81. The molecule has 0 radical (unpaired) electrons. The van der Waals surface area contributed by atoms with Crippen LogP contribution in [0.5, 0.6) is 5.88 Å². The van der Waals surface area contributed by atoms with Gasteiger partial charge in [-0.25, -0.2) is 4.98 Å². The van der Waals surface area contributed by atoms with Gasteiger partial charge in [-0.15, -0.1) is 0 Å². The highest BCUT2D eigenvalue weighted by molar-refractivity contribution is 5.20. The van der Waals surface area contributed by atoms with E-state index in [-0.39, 0.29) is 0 Å². The minimum absolute atomic E-state index is 0.521. The largest absolute Gasteiger partial charge is 0.477 e. The summed E-state index contributed by atoms with van der Waals surface area (Å²) in [6.45, 7) is 2.31. The number of pyridine rings is 1. The van der Waals surface area contributed by atoms with Crippen LogP contribution in [0, 0.1) is 0 Å². The van der Waals surface area contributed by atoms with Gasteiger partial charge in [-0.1, -0.05) is 6.08 Å². The molecule has 0 aliphatic carbocycles. The molecule has 0 aromatic carbocycles. The van der Waals surface area contributed by atoms with Crippen LogP contribution in [0.4, 0.5) is 0 Å². The van der Waals surface area contributed by atoms with Gasteiger partial charge in [-0.05, 0) is 18.1 Å². The van der Waals surface area contributed by atoms with Gasteiger partial charge in [0.2, 0.25) is 5.88 Å². The van der Waals surface area contributed by atoms with Crippen molar-refractivity contribution in [2.24, 2.45) is 5.73 Å². The Morgan fingerprint density at radius 3 is 3.12 bits per heavy atom. The van der Waals surface area contributed by atoms with Gasteiger partial charge in [0.25, 0.3) is 0 Å². The maximum Gasteiger partial charge on any atom is 0.213 e. The molecule has 1 aromatic rings. The van der Waals surface area contributed by atoms with Crippen LogP contribution >= 0.6 is 0 Å². The normalized spacial score (nSPS) is 14.9. The van der Waals surface area contributed by atoms with E-state index >= 15 is 0 Å². The molecule has 0 saturated carbocycles. The van der Waals surface area contributed by atoms with Gasteiger partial charge >= 0.3 is 0 Å². The third kappa shape index (κ3) is 3.20. The standard InChI is InChI=1S/C13H19N3O/c1-16-7-2-3-12(16)5-8-17-13-9-11(10-14)4-6-15-13/h3-4,6,9H,2,5,7-8,10,14H2,1H3. The molecule has 0 spiro atoms. The quantitative estimate of drug-likeness (QED) is 0.838. The second-order valence-corrected chi connectivity index (χ2v) is 4.21. The number of nitrogens with zero attached hydrogens (tertiary/aromatic N) is 2. The minimum Gasteiger partial charge on any atom is -0.477 e. The van der Waals surface area contributed by atoms with Crippen LogP contribution in [-0.4, -0.2) is 30.1 Å². The van der Waals surface area contributed by atoms with Crippen LogP contribution in [0.2, 0.25) is 0 Å². The molecule has 4 nitrogen and oxygen atoms in total.